The van der Waals surface area contributed by atoms with E-state index in [0.29, 0.717) is 0 Å². The van der Waals surface area contributed by atoms with Crippen molar-refractivity contribution >= 4 is 11.8 Å². The summed E-state index contributed by atoms with van der Waals surface area (Å²) >= 11 is 1.97. The molecule has 0 amide bonds. The highest BCUT2D eigenvalue weighted by Gasteiger charge is 2.09. The minimum Gasteiger partial charge on any atom is -0.315 e. The number of nitrogens with one attached hydrogen (secondary N) is 1. The lowest BCUT2D eigenvalue weighted by Crippen LogP contribution is -2.30. The molecule has 0 bridgehead atoms. The molecule has 0 atom stereocenters. The first-order chi connectivity index (χ1) is 7.93. The Morgan fingerprint density at radius 2 is 1.75 bits per heavy atom. The minimum atomic E-state index is 1.19. The van der Waals surface area contributed by atoms with Crippen LogP contribution >= 0.6 is 11.8 Å². The van der Waals surface area contributed by atoms with Gasteiger partial charge in [-0.25, -0.2) is 0 Å². The minimum absolute atomic E-state index is 1.19. The average molecular weight is 244 g/mol. The molecule has 0 saturated carbocycles. The predicted molar refractivity (Wildman–Crippen MR) is 75.4 cm³/mol. The topological polar surface area (TPSA) is 15.3 Å². The fourth-order valence-corrected chi connectivity index (χ4v) is 2.71. The molecule has 1 aliphatic heterocycles. The van der Waals surface area contributed by atoms with Crippen LogP contribution in [0.2, 0.25) is 0 Å². The van der Waals surface area contributed by atoms with Crippen molar-refractivity contribution in [3.63, 3.8) is 0 Å². The van der Waals surface area contributed by atoms with E-state index in [-0.39, 0.29) is 0 Å². The van der Waals surface area contributed by atoms with E-state index >= 15 is 0 Å². The molecule has 1 aliphatic rings. The van der Waals surface area contributed by atoms with E-state index in [1.807, 2.05) is 11.8 Å². The molecular formula is C13H28N2S. The van der Waals surface area contributed by atoms with Crippen molar-refractivity contribution in [2.24, 2.45) is 0 Å². The summed E-state index contributed by atoms with van der Waals surface area (Å²) in [6, 6.07) is 0. The molecule has 1 N–H and O–H groups in total. The quantitative estimate of drug-likeness (QED) is 0.595. The summed E-state index contributed by atoms with van der Waals surface area (Å²) in [5.74, 6) is 1.34. The second kappa shape index (κ2) is 10.4. The monoisotopic (exact) mass is 244 g/mol. The van der Waals surface area contributed by atoms with Crippen LogP contribution in [0.1, 0.15) is 38.5 Å². The first-order valence-electron chi connectivity index (χ1n) is 6.85. The van der Waals surface area contributed by atoms with Crippen LogP contribution in [0, 0.1) is 0 Å². The van der Waals surface area contributed by atoms with Crippen molar-refractivity contribution in [3.8, 4) is 0 Å². The van der Waals surface area contributed by atoms with Gasteiger partial charge in [-0.1, -0.05) is 12.8 Å². The lowest BCUT2D eigenvalue weighted by molar-refractivity contribution is 0.335. The molecule has 0 aliphatic carbocycles. The Labute approximate surface area is 106 Å². The van der Waals surface area contributed by atoms with Gasteiger partial charge < -0.3 is 10.2 Å². The Balaban J connectivity index is 1.71. The molecular weight excluding hydrogens is 216 g/mol. The summed E-state index contributed by atoms with van der Waals surface area (Å²) in [4.78, 5) is 2.57. The van der Waals surface area contributed by atoms with Crippen LogP contribution in [0.25, 0.3) is 0 Å². The first kappa shape index (κ1) is 14.3. The SMILES string of the molecule is CSCCCCCCNCCN1CCCC1. The Morgan fingerprint density at radius 3 is 2.50 bits per heavy atom. The van der Waals surface area contributed by atoms with E-state index in [1.165, 1.54) is 77.0 Å². The highest BCUT2D eigenvalue weighted by Crippen LogP contribution is 2.06. The lowest BCUT2D eigenvalue weighted by atomic mass is 10.2. The van der Waals surface area contributed by atoms with Gasteiger partial charge in [-0.05, 0) is 57.3 Å². The van der Waals surface area contributed by atoms with Crippen molar-refractivity contribution in [1.82, 2.24) is 10.2 Å². The van der Waals surface area contributed by atoms with Crippen LogP contribution < -0.4 is 5.32 Å². The van der Waals surface area contributed by atoms with Gasteiger partial charge in [0.15, 0.2) is 0 Å². The van der Waals surface area contributed by atoms with E-state index in [9.17, 15) is 0 Å². The van der Waals surface area contributed by atoms with E-state index < -0.39 is 0 Å². The number of hydrogen-bond donors (Lipinski definition) is 1. The molecule has 3 heteroatoms. The fourth-order valence-electron chi connectivity index (χ4n) is 2.22. The van der Waals surface area contributed by atoms with Crippen LogP contribution in [0.4, 0.5) is 0 Å². The molecule has 1 saturated heterocycles. The predicted octanol–water partition coefficient (Wildman–Crippen LogP) is 2.60. The number of rotatable bonds is 10. The van der Waals surface area contributed by atoms with Gasteiger partial charge in [0.05, 0.1) is 0 Å². The Morgan fingerprint density at radius 1 is 1.00 bits per heavy atom. The van der Waals surface area contributed by atoms with Gasteiger partial charge in [-0.3, -0.25) is 0 Å². The van der Waals surface area contributed by atoms with Crippen molar-refractivity contribution < 1.29 is 0 Å². The molecule has 1 heterocycles. The number of thioether (sulfide) groups is 1. The zero-order chi connectivity index (χ0) is 11.5. The highest BCUT2D eigenvalue weighted by molar-refractivity contribution is 7.98. The largest absolute Gasteiger partial charge is 0.315 e. The van der Waals surface area contributed by atoms with Gasteiger partial charge in [-0.2, -0.15) is 11.8 Å². The molecule has 16 heavy (non-hydrogen) atoms. The highest BCUT2D eigenvalue weighted by atomic mass is 32.2. The molecule has 0 aromatic rings. The second-order valence-electron chi connectivity index (χ2n) is 4.71. The molecule has 0 radical (unpaired) electrons. The Kier molecular flexibility index (Phi) is 9.34. The molecule has 2 nitrogen and oxygen atoms in total. The average Bonchev–Trinajstić information content (AvgIpc) is 2.80. The van der Waals surface area contributed by atoms with Gasteiger partial charge in [0.25, 0.3) is 0 Å². The van der Waals surface area contributed by atoms with Gasteiger partial charge in [0.1, 0.15) is 0 Å². The lowest BCUT2D eigenvalue weighted by Gasteiger charge is -2.14. The third-order valence-corrected chi connectivity index (χ3v) is 3.95. The van der Waals surface area contributed by atoms with Crippen molar-refractivity contribution in [1.29, 1.82) is 0 Å². The van der Waals surface area contributed by atoms with Gasteiger partial charge in [0, 0.05) is 13.1 Å². The molecule has 0 unspecified atom stereocenters. The number of hydrogen-bond acceptors (Lipinski definition) is 3. The number of nitrogens with zero attached hydrogens (tertiary/aromatic N) is 1. The molecule has 0 aromatic carbocycles. The zero-order valence-corrected chi connectivity index (χ0v) is 11.7. The zero-order valence-electron chi connectivity index (χ0n) is 10.8. The van der Waals surface area contributed by atoms with Crippen LogP contribution in [0.5, 0.6) is 0 Å². The van der Waals surface area contributed by atoms with Gasteiger partial charge >= 0.3 is 0 Å². The van der Waals surface area contributed by atoms with Crippen molar-refractivity contribution in [2.45, 2.75) is 38.5 Å². The smallest absolute Gasteiger partial charge is 0.0107 e. The van der Waals surface area contributed by atoms with Crippen LogP contribution in [-0.2, 0) is 0 Å². The molecule has 96 valence electrons. The summed E-state index contributed by atoms with van der Waals surface area (Å²) in [5, 5.41) is 3.56. The Hall–Kier alpha value is 0.270. The van der Waals surface area contributed by atoms with Crippen LogP contribution in [0.3, 0.4) is 0 Å². The number of unbranched alkanes of at least 4 members (excludes halogenated alkanes) is 3. The molecule has 1 fully saturated rings. The standard InChI is InChI=1S/C13H28N2S/c1-16-13-7-3-2-4-8-14-9-12-15-10-5-6-11-15/h14H,2-13H2,1H3. The normalized spacial score (nSPS) is 17.1. The third-order valence-electron chi connectivity index (χ3n) is 3.26. The third kappa shape index (κ3) is 7.53. The molecule has 0 aromatic heterocycles. The molecule has 1 rings (SSSR count). The van der Waals surface area contributed by atoms with Crippen LogP contribution in [0.15, 0.2) is 0 Å². The van der Waals surface area contributed by atoms with Crippen LogP contribution in [-0.4, -0.2) is 49.6 Å². The molecule has 0 spiro atoms. The van der Waals surface area contributed by atoms with E-state index in [4.69, 9.17) is 0 Å². The summed E-state index contributed by atoms with van der Waals surface area (Å²) in [7, 11) is 0. The summed E-state index contributed by atoms with van der Waals surface area (Å²) in [6.07, 6.45) is 10.6. The fraction of sp³-hybridized carbons (Fsp3) is 1.00. The van der Waals surface area contributed by atoms with E-state index in [0.717, 1.165) is 0 Å². The maximum absolute atomic E-state index is 3.56. The second-order valence-corrected chi connectivity index (χ2v) is 5.69. The maximum Gasteiger partial charge on any atom is 0.0107 e. The van der Waals surface area contributed by atoms with E-state index in [2.05, 4.69) is 16.5 Å². The first-order valence-corrected chi connectivity index (χ1v) is 8.25. The van der Waals surface area contributed by atoms with Crippen molar-refractivity contribution in [2.75, 3.05) is 44.7 Å². The summed E-state index contributed by atoms with van der Waals surface area (Å²) < 4.78 is 0. The number of likely N-dealkylation sites (tertiary alicyclic amines) is 1. The summed E-state index contributed by atoms with van der Waals surface area (Å²) in [5.41, 5.74) is 0. The Bertz CT molecular complexity index is 147. The van der Waals surface area contributed by atoms with Crippen molar-refractivity contribution in [3.05, 3.63) is 0 Å². The summed E-state index contributed by atoms with van der Waals surface area (Å²) in [6.45, 7) is 6.32. The maximum atomic E-state index is 3.56. The van der Waals surface area contributed by atoms with Gasteiger partial charge in [0.2, 0.25) is 0 Å². The van der Waals surface area contributed by atoms with Gasteiger partial charge in [-0.15, -0.1) is 0 Å². The van der Waals surface area contributed by atoms with E-state index in [1.54, 1.807) is 0 Å².